The fourth-order valence-electron chi connectivity index (χ4n) is 2.69. The van der Waals surface area contributed by atoms with Gasteiger partial charge in [0.2, 0.25) is 0 Å². The summed E-state index contributed by atoms with van der Waals surface area (Å²) in [6.45, 7) is 4.90. The molecule has 0 aliphatic carbocycles. The van der Waals surface area contributed by atoms with Crippen molar-refractivity contribution >= 4 is 21.9 Å². The lowest BCUT2D eigenvalue weighted by molar-refractivity contribution is -0.150. The fourth-order valence-corrected chi connectivity index (χ4v) is 3.06. The highest BCUT2D eigenvalue weighted by atomic mass is 79.9. The molecule has 2 rings (SSSR count). The Hall–Kier alpha value is -1.07. The first kappa shape index (κ1) is 16.3. The Morgan fingerprint density at radius 2 is 2.29 bits per heavy atom. The first-order valence-corrected chi connectivity index (χ1v) is 8.14. The van der Waals surface area contributed by atoms with Gasteiger partial charge in [0.15, 0.2) is 0 Å². The number of esters is 1. The van der Waals surface area contributed by atoms with E-state index in [0.29, 0.717) is 6.61 Å². The number of ether oxygens (including phenoxy) is 2. The molecule has 0 amide bonds. The first-order chi connectivity index (χ1) is 10.1. The maximum Gasteiger partial charge on any atom is 0.310 e. The second-order valence-corrected chi connectivity index (χ2v) is 6.14. The number of piperidine rings is 1. The number of rotatable bonds is 5. The molecule has 4 nitrogen and oxygen atoms in total. The largest absolute Gasteiger partial charge is 0.497 e. The van der Waals surface area contributed by atoms with Crippen LogP contribution >= 0.6 is 15.9 Å². The van der Waals surface area contributed by atoms with Gasteiger partial charge in [-0.1, -0.05) is 15.9 Å². The number of likely N-dealkylation sites (tertiary alicyclic amines) is 1. The molecule has 5 heteroatoms. The van der Waals surface area contributed by atoms with Crippen molar-refractivity contribution in [2.24, 2.45) is 5.92 Å². The topological polar surface area (TPSA) is 38.8 Å². The molecule has 0 N–H and O–H groups in total. The third-order valence-electron chi connectivity index (χ3n) is 3.77. The van der Waals surface area contributed by atoms with Gasteiger partial charge in [-0.25, -0.2) is 0 Å². The number of benzene rings is 1. The van der Waals surface area contributed by atoms with E-state index in [2.05, 4.69) is 20.8 Å². The minimum atomic E-state index is -0.0630. The molecule has 1 heterocycles. The molecule has 1 fully saturated rings. The second kappa shape index (κ2) is 7.80. The van der Waals surface area contributed by atoms with Gasteiger partial charge in [-0.2, -0.15) is 0 Å². The van der Waals surface area contributed by atoms with Gasteiger partial charge in [-0.15, -0.1) is 0 Å². The van der Waals surface area contributed by atoms with Crippen molar-refractivity contribution in [1.29, 1.82) is 0 Å². The molecule has 0 bridgehead atoms. The summed E-state index contributed by atoms with van der Waals surface area (Å²) in [5.74, 6) is 0.794. The molecule has 0 spiro atoms. The van der Waals surface area contributed by atoms with Crippen LogP contribution in [0.25, 0.3) is 0 Å². The lowest BCUT2D eigenvalue weighted by Gasteiger charge is -2.31. The Bertz CT molecular complexity index is 492. The zero-order valence-corrected chi connectivity index (χ0v) is 14.2. The third kappa shape index (κ3) is 4.45. The van der Waals surface area contributed by atoms with Crippen LogP contribution in [0, 0.1) is 5.92 Å². The van der Waals surface area contributed by atoms with E-state index in [1.165, 1.54) is 5.56 Å². The molecule has 0 aromatic heterocycles. The van der Waals surface area contributed by atoms with Crippen molar-refractivity contribution in [3.05, 3.63) is 28.2 Å². The molecule has 1 unspecified atom stereocenters. The predicted molar refractivity (Wildman–Crippen MR) is 85.3 cm³/mol. The quantitative estimate of drug-likeness (QED) is 0.760. The summed E-state index contributed by atoms with van der Waals surface area (Å²) >= 11 is 3.58. The van der Waals surface area contributed by atoms with Gasteiger partial charge in [0.25, 0.3) is 0 Å². The van der Waals surface area contributed by atoms with Crippen LogP contribution in [0.1, 0.15) is 25.3 Å². The Morgan fingerprint density at radius 1 is 1.48 bits per heavy atom. The van der Waals surface area contributed by atoms with Crippen LogP contribution in [0.4, 0.5) is 0 Å². The maximum atomic E-state index is 11.9. The number of hydrogen-bond donors (Lipinski definition) is 0. The van der Waals surface area contributed by atoms with Crippen molar-refractivity contribution in [3.8, 4) is 5.75 Å². The maximum absolute atomic E-state index is 11.9. The van der Waals surface area contributed by atoms with Crippen LogP contribution in [0.3, 0.4) is 0 Å². The van der Waals surface area contributed by atoms with Crippen molar-refractivity contribution in [2.45, 2.75) is 26.3 Å². The molecular weight excluding hydrogens is 334 g/mol. The fraction of sp³-hybridized carbons (Fsp3) is 0.562. The number of methoxy groups -OCH3 is 1. The summed E-state index contributed by atoms with van der Waals surface area (Å²) in [7, 11) is 1.67. The molecule has 21 heavy (non-hydrogen) atoms. The predicted octanol–water partition coefficient (Wildman–Crippen LogP) is 3.23. The Kier molecular flexibility index (Phi) is 6.06. The van der Waals surface area contributed by atoms with Gasteiger partial charge < -0.3 is 9.47 Å². The van der Waals surface area contributed by atoms with Gasteiger partial charge in [-0.05, 0) is 50.1 Å². The molecule has 1 aromatic carbocycles. The molecule has 1 aliphatic heterocycles. The van der Waals surface area contributed by atoms with E-state index in [9.17, 15) is 4.79 Å². The molecule has 0 saturated carbocycles. The zero-order chi connectivity index (χ0) is 15.2. The summed E-state index contributed by atoms with van der Waals surface area (Å²) in [6.07, 6.45) is 1.96. The first-order valence-electron chi connectivity index (χ1n) is 7.35. The van der Waals surface area contributed by atoms with Crippen LogP contribution in [0.15, 0.2) is 22.7 Å². The van der Waals surface area contributed by atoms with Crippen molar-refractivity contribution < 1.29 is 14.3 Å². The van der Waals surface area contributed by atoms with Crippen molar-refractivity contribution in [3.63, 3.8) is 0 Å². The van der Waals surface area contributed by atoms with Crippen LogP contribution in [-0.2, 0) is 16.1 Å². The molecule has 1 aliphatic rings. The van der Waals surface area contributed by atoms with Gasteiger partial charge in [0, 0.05) is 17.6 Å². The van der Waals surface area contributed by atoms with Crippen LogP contribution in [0.2, 0.25) is 0 Å². The molecule has 1 atom stereocenters. The number of carbonyl (C=O) groups excluding carboxylic acids is 1. The zero-order valence-electron chi connectivity index (χ0n) is 12.6. The molecule has 1 saturated heterocycles. The van der Waals surface area contributed by atoms with E-state index in [-0.39, 0.29) is 11.9 Å². The minimum absolute atomic E-state index is 0.00285. The van der Waals surface area contributed by atoms with E-state index in [4.69, 9.17) is 9.47 Å². The Labute approximate surface area is 134 Å². The van der Waals surface area contributed by atoms with Gasteiger partial charge in [0.05, 0.1) is 19.6 Å². The summed E-state index contributed by atoms with van der Waals surface area (Å²) in [4.78, 5) is 14.2. The van der Waals surface area contributed by atoms with E-state index < -0.39 is 0 Å². The van der Waals surface area contributed by atoms with Gasteiger partial charge >= 0.3 is 5.97 Å². The summed E-state index contributed by atoms with van der Waals surface area (Å²) < 4.78 is 11.5. The van der Waals surface area contributed by atoms with E-state index in [0.717, 1.165) is 42.7 Å². The number of nitrogens with zero attached hydrogens (tertiary/aromatic N) is 1. The molecule has 1 aromatic rings. The monoisotopic (exact) mass is 355 g/mol. The average molecular weight is 356 g/mol. The summed E-state index contributed by atoms with van der Waals surface area (Å²) in [5, 5.41) is 0. The number of carbonyl (C=O) groups is 1. The summed E-state index contributed by atoms with van der Waals surface area (Å²) in [6, 6.07) is 5.98. The van der Waals surface area contributed by atoms with E-state index in [1.54, 1.807) is 7.11 Å². The van der Waals surface area contributed by atoms with Crippen LogP contribution < -0.4 is 4.74 Å². The standard InChI is InChI=1S/C16H22BrNO3/c1-3-21-16(19)12-5-4-8-18(10-12)11-13-9-14(20-2)6-7-15(13)17/h6-7,9,12H,3-5,8,10-11H2,1-2H3. The van der Waals surface area contributed by atoms with E-state index >= 15 is 0 Å². The Balaban J connectivity index is 2.00. The van der Waals surface area contributed by atoms with Crippen molar-refractivity contribution in [1.82, 2.24) is 4.90 Å². The Morgan fingerprint density at radius 3 is 3.00 bits per heavy atom. The highest BCUT2D eigenvalue weighted by molar-refractivity contribution is 9.10. The molecule has 0 radical (unpaired) electrons. The van der Waals surface area contributed by atoms with Crippen molar-refractivity contribution in [2.75, 3.05) is 26.8 Å². The van der Waals surface area contributed by atoms with E-state index in [1.807, 2.05) is 25.1 Å². The van der Waals surface area contributed by atoms with Crippen LogP contribution in [-0.4, -0.2) is 37.7 Å². The minimum Gasteiger partial charge on any atom is -0.497 e. The normalized spacial score (nSPS) is 19.3. The second-order valence-electron chi connectivity index (χ2n) is 5.28. The number of hydrogen-bond acceptors (Lipinski definition) is 4. The van der Waals surface area contributed by atoms with Gasteiger partial charge in [0.1, 0.15) is 5.75 Å². The van der Waals surface area contributed by atoms with Crippen LogP contribution in [0.5, 0.6) is 5.75 Å². The lowest BCUT2D eigenvalue weighted by Crippen LogP contribution is -2.39. The third-order valence-corrected chi connectivity index (χ3v) is 4.55. The lowest BCUT2D eigenvalue weighted by atomic mass is 9.97. The molecule has 116 valence electrons. The highest BCUT2D eigenvalue weighted by Crippen LogP contribution is 2.26. The SMILES string of the molecule is CCOC(=O)C1CCCN(Cc2cc(OC)ccc2Br)C1. The summed E-state index contributed by atoms with van der Waals surface area (Å²) in [5.41, 5.74) is 1.18. The number of halogens is 1. The average Bonchev–Trinajstić information content (AvgIpc) is 2.50. The smallest absolute Gasteiger partial charge is 0.310 e. The highest BCUT2D eigenvalue weighted by Gasteiger charge is 2.27. The molecular formula is C16H22BrNO3. The van der Waals surface area contributed by atoms with Gasteiger partial charge in [-0.3, -0.25) is 9.69 Å².